The predicted molar refractivity (Wildman–Crippen MR) is 52.5 cm³/mol. The highest BCUT2D eigenvalue weighted by molar-refractivity contribution is 5.81. The smallest absolute Gasteiger partial charge is 0.271 e. The van der Waals surface area contributed by atoms with Gasteiger partial charge in [-0.25, -0.2) is 0 Å². The Bertz CT molecular complexity index is 532. The summed E-state index contributed by atoms with van der Waals surface area (Å²) in [5, 5.41) is 15.3. The molecule has 0 atom stereocenters. The fourth-order valence-electron chi connectivity index (χ4n) is 1.39. The lowest BCUT2D eigenvalue weighted by molar-refractivity contribution is -0.384. The molecule has 2 rings (SSSR count). The number of nitro benzene ring substituents is 1. The Labute approximate surface area is 84.3 Å². The van der Waals surface area contributed by atoms with Gasteiger partial charge in [-0.2, -0.15) is 5.10 Å². The second kappa shape index (κ2) is 3.49. The summed E-state index contributed by atoms with van der Waals surface area (Å²) in [7, 11) is 0. The summed E-state index contributed by atoms with van der Waals surface area (Å²) >= 11 is 0. The molecule has 0 aliphatic heterocycles. The largest absolute Gasteiger partial charge is 0.301 e. The summed E-state index contributed by atoms with van der Waals surface area (Å²) in [6.45, 7) is 0.102. The van der Waals surface area contributed by atoms with Crippen LogP contribution in [0.5, 0.6) is 0 Å². The van der Waals surface area contributed by atoms with Gasteiger partial charge in [0.25, 0.3) is 5.69 Å². The Morgan fingerprint density at radius 1 is 1.53 bits per heavy atom. The fourth-order valence-corrected chi connectivity index (χ4v) is 1.39. The molecule has 6 nitrogen and oxygen atoms in total. The number of aromatic nitrogens is 2. The lowest BCUT2D eigenvalue weighted by atomic mass is 10.2. The molecule has 0 fully saturated rings. The average molecular weight is 205 g/mol. The number of aldehydes is 1. The van der Waals surface area contributed by atoms with E-state index in [2.05, 4.69) is 5.10 Å². The van der Waals surface area contributed by atoms with Crippen LogP contribution < -0.4 is 0 Å². The minimum atomic E-state index is -0.475. The van der Waals surface area contributed by atoms with Gasteiger partial charge in [0.05, 0.1) is 23.2 Å². The monoisotopic (exact) mass is 205 g/mol. The summed E-state index contributed by atoms with van der Waals surface area (Å²) in [6.07, 6.45) is 2.27. The topological polar surface area (TPSA) is 78.0 Å². The number of benzene rings is 1. The van der Waals surface area contributed by atoms with Crippen LogP contribution in [0.3, 0.4) is 0 Å². The first-order chi connectivity index (χ1) is 7.22. The quantitative estimate of drug-likeness (QED) is 0.427. The molecule has 0 amide bonds. The molecule has 6 heteroatoms. The Hall–Kier alpha value is -2.24. The molecule has 0 saturated carbocycles. The van der Waals surface area contributed by atoms with Crippen LogP contribution in [0, 0.1) is 10.1 Å². The van der Waals surface area contributed by atoms with Crippen molar-refractivity contribution in [2.24, 2.45) is 0 Å². The predicted octanol–water partition coefficient (Wildman–Crippen LogP) is 1.14. The molecule has 0 saturated heterocycles. The van der Waals surface area contributed by atoms with E-state index in [9.17, 15) is 14.9 Å². The number of fused-ring (bicyclic) bond motifs is 1. The third-order valence-electron chi connectivity index (χ3n) is 2.09. The normalized spacial score (nSPS) is 10.4. The Morgan fingerprint density at radius 3 is 3.00 bits per heavy atom. The number of carbonyl (C=O) groups is 1. The molecular weight excluding hydrogens is 198 g/mol. The highest BCUT2D eigenvalue weighted by atomic mass is 16.6. The van der Waals surface area contributed by atoms with E-state index in [1.807, 2.05) is 0 Å². The number of nitro groups is 1. The minimum Gasteiger partial charge on any atom is -0.301 e. The minimum absolute atomic E-state index is 0.00449. The molecule has 0 aliphatic carbocycles. The van der Waals surface area contributed by atoms with E-state index in [1.165, 1.54) is 16.8 Å². The zero-order valence-corrected chi connectivity index (χ0v) is 7.66. The molecule has 0 radical (unpaired) electrons. The molecule has 0 aliphatic rings. The Balaban J connectivity index is 2.60. The molecule has 0 N–H and O–H groups in total. The molecule has 0 unspecified atom stereocenters. The second-order valence-electron chi connectivity index (χ2n) is 2.99. The van der Waals surface area contributed by atoms with Gasteiger partial charge in [0, 0.05) is 17.5 Å². The van der Waals surface area contributed by atoms with Crippen LogP contribution in [0.15, 0.2) is 24.4 Å². The molecule has 15 heavy (non-hydrogen) atoms. The number of non-ortho nitro benzene ring substituents is 1. The van der Waals surface area contributed by atoms with Gasteiger partial charge in [-0.05, 0) is 6.07 Å². The van der Waals surface area contributed by atoms with Crippen molar-refractivity contribution in [3.05, 3.63) is 34.5 Å². The van der Waals surface area contributed by atoms with E-state index in [4.69, 9.17) is 0 Å². The van der Waals surface area contributed by atoms with E-state index < -0.39 is 4.92 Å². The summed E-state index contributed by atoms with van der Waals surface area (Å²) < 4.78 is 1.43. The van der Waals surface area contributed by atoms with E-state index >= 15 is 0 Å². The molecule has 76 valence electrons. The van der Waals surface area contributed by atoms with Crippen LogP contribution in [0.25, 0.3) is 10.9 Å². The van der Waals surface area contributed by atoms with E-state index in [0.29, 0.717) is 11.8 Å². The molecular formula is C9H7N3O3. The highest BCUT2D eigenvalue weighted by Gasteiger charge is 2.09. The lowest BCUT2D eigenvalue weighted by Crippen LogP contribution is -2.00. The van der Waals surface area contributed by atoms with Gasteiger partial charge in [-0.3, -0.25) is 14.8 Å². The highest BCUT2D eigenvalue weighted by Crippen LogP contribution is 2.20. The van der Waals surface area contributed by atoms with Crippen molar-refractivity contribution in [3.63, 3.8) is 0 Å². The first-order valence-corrected chi connectivity index (χ1v) is 4.26. The summed E-state index contributed by atoms with van der Waals surface area (Å²) in [5.41, 5.74) is 0.589. The number of hydrogen-bond donors (Lipinski definition) is 0. The van der Waals surface area contributed by atoms with Crippen LogP contribution in [-0.4, -0.2) is 21.0 Å². The number of hydrogen-bond acceptors (Lipinski definition) is 4. The van der Waals surface area contributed by atoms with Crippen molar-refractivity contribution in [3.8, 4) is 0 Å². The van der Waals surface area contributed by atoms with Crippen molar-refractivity contribution in [2.75, 3.05) is 0 Å². The van der Waals surface area contributed by atoms with E-state index in [-0.39, 0.29) is 12.2 Å². The first kappa shape index (κ1) is 9.32. The van der Waals surface area contributed by atoms with Crippen LogP contribution in [0.1, 0.15) is 0 Å². The maximum Gasteiger partial charge on any atom is 0.271 e. The Kier molecular flexibility index (Phi) is 2.17. The van der Waals surface area contributed by atoms with Gasteiger partial charge in [-0.1, -0.05) is 0 Å². The maximum atomic E-state index is 10.5. The van der Waals surface area contributed by atoms with Crippen molar-refractivity contribution in [2.45, 2.75) is 6.54 Å². The van der Waals surface area contributed by atoms with Crippen molar-refractivity contribution < 1.29 is 9.72 Å². The summed E-state index contributed by atoms with van der Waals surface area (Å²) in [6, 6.07) is 4.43. The molecule has 1 heterocycles. The van der Waals surface area contributed by atoms with Crippen LogP contribution >= 0.6 is 0 Å². The standard InChI is InChI=1S/C9H7N3O3/c13-4-3-11-9-5-8(12(14)15)2-1-7(9)6-10-11/h1-2,4-6H,3H2. The number of nitrogens with zero attached hydrogens (tertiary/aromatic N) is 3. The van der Waals surface area contributed by atoms with Gasteiger partial charge in [-0.15, -0.1) is 0 Å². The SMILES string of the molecule is O=CCn1ncc2ccc([N+](=O)[O-])cc21. The first-order valence-electron chi connectivity index (χ1n) is 4.26. The van der Waals surface area contributed by atoms with Crippen molar-refractivity contribution in [1.29, 1.82) is 0 Å². The lowest BCUT2D eigenvalue weighted by Gasteiger charge is -1.96. The number of rotatable bonds is 3. The van der Waals surface area contributed by atoms with Crippen molar-refractivity contribution in [1.82, 2.24) is 9.78 Å². The van der Waals surface area contributed by atoms with E-state index in [1.54, 1.807) is 12.3 Å². The van der Waals surface area contributed by atoms with Crippen LogP contribution in [0.4, 0.5) is 5.69 Å². The molecule has 0 bridgehead atoms. The molecule has 1 aromatic heterocycles. The summed E-state index contributed by atoms with van der Waals surface area (Å²) in [5.74, 6) is 0. The van der Waals surface area contributed by atoms with E-state index in [0.717, 1.165) is 5.39 Å². The maximum absolute atomic E-state index is 10.5. The zero-order valence-electron chi connectivity index (χ0n) is 7.66. The second-order valence-corrected chi connectivity index (χ2v) is 2.99. The molecule has 2 aromatic rings. The van der Waals surface area contributed by atoms with Crippen molar-refractivity contribution >= 4 is 22.9 Å². The zero-order chi connectivity index (χ0) is 10.8. The third kappa shape index (κ3) is 1.56. The molecule has 1 aromatic carbocycles. The summed E-state index contributed by atoms with van der Waals surface area (Å²) in [4.78, 5) is 20.4. The fraction of sp³-hybridized carbons (Fsp3) is 0.111. The molecule has 0 spiro atoms. The average Bonchev–Trinajstić information content (AvgIpc) is 2.61. The van der Waals surface area contributed by atoms with Crippen LogP contribution in [-0.2, 0) is 11.3 Å². The van der Waals surface area contributed by atoms with Crippen LogP contribution in [0.2, 0.25) is 0 Å². The third-order valence-corrected chi connectivity index (χ3v) is 2.09. The van der Waals surface area contributed by atoms with Gasteiger partial charge in [0.2, 0.25) is 0 Å². The van der Waals surface area contributed by atoms with Gasteiger partial charge in [0.1, 0.15) is 6.29 Å². The number of carbonyl (C=O) groups excluding carboxylic acids is 1. The van der Waals surface area contributed by atoms with Gasteiger partial charge in [0.15, 0.2) is 0 Å². The Morgan fingerprint density at radius 2 is 2.33 bits per heavy atom. The van der Waals surface area contributed by atoms with Gasteiger partial charge < -0.3 is 4.79 Å². The van der Waals surface area contributed by atoms with Gasteiger partial charge >= 0.3 is 0 Å².